The van der Waals surface area contributed by atoms with Gasteiger partial charge in [-0.1, -0.05) is 32.3 Å². The average molecular weight is 859 g/mol. The lowest BCUT2D eigenvalue weighted by Gasteiger charge is -2.40. The molecule has 12 nitrogen and oxygen atoms in total. The van der Waals surface area contributed by atoms with Gasteiger partial charge in [0, 0.05) is 68.4 Å². The SMILES string of the molecule is CN=C(N)NC[C@H](C)CC[C@H]1[C@@H]2CC[C@H](CCc3oc(CCc4ccc(O)c(OC[C@H](O)c5cc6c([nH]5)CC[C@H]5CCC[C@@H]5[C@@H]6CNC[C@H](C)O)c4)cc3CO)C[C@H]1C[C@@H](N)C2. The molecule has 0 radical (unpaired) electrons. The molecule has 0 saturated heterocycles. The summed E-state index contributed by atoms with van der Waals surface area (Å²) in [5.41, 5.74) is 17.6. The molecule has 0 amide bonds. The summed E-state index contributed by atoms with van der Waals surface area (Å²) in [6, 6.07) is 9.84. The smallest absolute Gasteiger partial charge is 0.188 e. The van der Waals surface area contributed by atoms with Crippen LogP contribution in [0.1, 0.15) is 143 Å². The van der Waals surface area contributed by atoms with Crippen molar-refractivity contribution in [2.75, 3.05) is 33.3 Å². The summed E-state index contributed by atoms with van der Waals surface area (Å²) >= 11 is 0. The number of nitrogens with two attached hydrogens (primary N) is 2. The van der Waals surface area contributed by atoms with Crippen LogP contribution in [0.4, 0.5) is 0 Å². The lowest BCUT2D eigenvalue weighted by atomic mass is 9.67. The molecule has 7 rings (SSSR count). The summed E-state index contributed by atoms with van der Waals surface area (Å²) < 4.78 is 12.5. The van der Waals surface area contributed by atoms with Gasteiger partial charge >= 0.3 is 0 Å². The maximum absolute atomic E-state index is 11.3. The predicted octanol–water partition coefficient (Wildman–Crippen LogP) is 6.77. The Morgan fingerprint density at radius 3 is 2.61 bits per heavy atom. The number of aliphatic hydroxyl groups excluding tert-OH is 3. The fourth-order valence-corrected chi connectivity index (χ4v) is 12.0. The third kappa shape index (κ3) is 12.0. The van der Waals surface area contributed by atoms with E-state index in [0.717, 1.165) is 91.8 Å². The van der Waals surface area contributed by atoms with Crippen LogP contribution in [0.3, 0.4) is 0 Å². The number of H-pyrrole nitrogens is 1. The molecule has 11 atom stereocenters. The van der Waals surface area contributed by atoms with Crippen molar-refractivity contribution in [3.8, 4) is 11.5 Å². The summed E-state index contributed by atoms with van der Waals surface area (Å²) in [5.74, 6) is 7.56. The highest BCUT2D eigenvalue weighted by Gasteiger charge is 2.41. The molecule has 12 heteroatoms. The molecule has 2 aromatic heterocycles. The Morgan fingerprint density at radius 1 is 0.968 bits per heavy atom. The second-order valence-corrected chi connectivity index (χ2v) is 19.9. The maximum atomic E-state index is 11.3. The van der Waals surface area contributed by atoms with Crippen molar-refractivity contribution >= 4 is 5.96 Å². The molecule has 3 fully saturated rings. The zero-order valence-electron chi connectivity index (χ0n) is 37.8. The van der Waals surface area contributed by atoms with E-state index in [-0.39, 0.29) is 19.0 Å². The van der Waals surface area contributed by atoms with Crippen molar-refractivity contribution in [3.05, 3.63) is 69.9 Å². The number of aromatic amines is 1. The van der Waals surface area contributed by atoms with E-state index in [2.05, 4.69) is 33.6 Å². The number of aliphatic imine (C=N–C) groups is 1. The predicted molar refractivity (Wildman–Crippen MR) is 245 cm³/mol. The number of aromatic nitrogens is 1. The Balaban J connectivity index is 0.911. The number of phenolic OH excluding ortho intramolecular Hbond substituents is 1. The van der Waals surface area contributed by atoms with Crippen molar-refractivity contribution in [2.45, 2.75) is 147 Å². The molecule has 4 aliphatic rings. The molecule has 0 unspecified atom stereocenters. The van der Waals surface area contributed by atoms with E-state index >= 15 is 0 Å². The molecule has 3 aromatic rings. The first-order chi connectivity index (χ1) is 30.0. The van der Waals surface area contributed by atoms with Gasteiger partial charge in [-0.2, -0.15) is 0 Å². The zero-order valence-corrected chi connectivity index (χ0v) is 37.8. The molecule has 344 valence electrons. The number of guanidine groups is 1. The normalized spacial score (nSPS) is 27.8. The minimum atomic E-state index is -0.881. The van der Waals surface area contributed by atoms with E-state index in [0.29, 0.717) is 72.6 Å². The van der Waals surface area contributed by atoms with Gasteiger partial charge in [-0.05, 0) is 154 Å². The summed E-state index contributed by atoms with van der Waals surface area (Å²) in [4.78, 5) is 7.58. The lowest BCUT2D eigenvalue weighted by molar-refractivity contribution is 0.103. The highest BCUT2D eigenvalue weighted by Crippen LogP contribution is 2.49. The number of hydrogen-bond donors (Lipinski definition) is 9. The Labute approximate surface area is 370 Å². The highest BCUT2D eigenvalue weighted by atomic mass is 16.5. The van der Waals surface area contributed by atoms with Crippen molar-refractivity contribution < 1.29 is 29.6 Å². The molecular weight excluding hydrogens is 781 g/mol. The third-order valence-corrected chi connectivity index (χ3v) is 15.4. The summed E-state index contributed by atoms with van der Waals surface area (Å²) in [5, 5.41) is 49.0. The molecule has 11 N–H and O–H groups in total. The van der Waals surface area contributed by atoms with E-state index in [4.69, 9.17) is 20.6 Å². The molecule has 2 heterocycles. The third-order valence-electron chi connectivity index (χ3n) is 15.4. The summed E-state index contributed by atoms with van der Waals surface area (Å²) in [6.45, 7) is 6.31. The number of hydrogen-bond acceptors (Lipinski definition) is 9. The number of aliphatic hydroxyl groups is 3. The van der Waals surface area contributed by atoms with Crippen LogP contribution in [-0.4, -0.2) is 76.8 Å². The number of furan rings is 1. The highest BCUT2D eigenvalue weighted by molar-refractivity contribution is 5.77. The average Bonchev–Trinajstić information content (AvgIpc) is 3.98. The van der Waals surface area contributed by atoms with Gasteiger partial charge in [0.05, 0.1) is 12.7 Å². The Kier molecular flexibility index (Phi) is 16.4. The monoisotopic (exact) mass is 859 g/mol. The topological polar surface area (TPSA) is 208 Å². The minimum absolute atomic E-state index is 0.00669. The number of benzene rings is 1. The van der Waals surface area contributed by atoms with E-state index in [1.54, 1.807) is 13.1 Å². The number of rotatable bonds is 20. The molecule has 0 spiro atoms. The largest absolute Gasteiger partial charge is 0.504 e. The summed E-state index contributed by atoms with van der Waals surface area (Å²) in [6.07, 6.45) is 16.2. The lowest BCUT2D eigenvalue weighted by Crippen LogP contribution is -2.39. The van der Waals surface area contributed by atoms with Crippen LogP contribution in [0.15, 0.2) is 39.7 Å². The van der Waals surface area contributed by atoms with Gasteiger partial charge in [-0.3, -0.25) is 4.99 Å². The fraction of sp³-hybridized carbons (Fsp3) is 0.700. The standard InChI is InChI=1S/C50H78N6O6/c1-30(25-55-50(52)53-3)7-15-40-35-12-8-32(19-36(40)22-38(51)21-35)11-18-48-37(28-57)23-39(62-48)14-9-33-10-17-46(59)49(20-33)61-29-47(60)45-24-42-43(27-54-26-31(2)58)41-6-4-5-34(41)13-16-44(42)56-45/h10,17,20,23-24,30-32,34-36,38,40-41,43,47,54,56-60H,4-9,11-16,18-19,21-22,25-29,51H2,1-3H3,(H3,52,53,55)/t30-,31+,32-,34-,35-,36+,38+,40+,41+,43+,47+/m1/s1. The number of fused-ring (bicyclic) bond motifs is 4. The van der Waals surface area contributed by atoms with Crippen molar-refractivity contribution in [2.24, 2.45) is 57.9 Å². The van der Waals surface area contributed by atoms with Crippen molar-refractivity contribution in [1.82, 2.24) is 15.6 Å². The van der Waals surface area contributed by atoms with Crippen molar-refractivity contribution in [3.63, 3.8) is 0 Å². The van der Waals surface area contributed by atoms with E-state index in [1.165, 1.54) is 62.6 Å². The van der Waals surface area contributed by atoms with Crippen LogP contribution in [0.25, 0.3) is 0 Å². The maximum Gasteiger partial charge on any atom is 0.188 e. The first kappa shape index (κ1) is 46.4. The van der Waals surface area contributed by atoms with Crippen LogP contribution in [0, 0.1) is 41.4 Å². The van der Waals surface area contributed by atoms with Gasteiger partial charge < -0.3 is 56.7 Å². The number of nitrogens with one attached hydrogen (secondary N) is 3. The number of phenols is 1. The van der Waals surface area contributed by atoms with Crippen LogP contribution in [0.5, 0.6) is 11.5 Å². The van der Waals surface area contributed by atoms with Gasteiger partial charge in [-0.25, -0.2) is 0 Å². The second-order valence-electron chi connectivity index (χ2n) is 19.9. The molecular formula is C50H78N6O6. The second kappa shape index (κ2) is 21.9. The number of ether oxygens (including phenoxy) is 1. The van der Waals surface area contributed by atoms with Gasteiger partial charge in [0.25, 0.3) is 0 Å². The molecule has 2 bridgehead atoms. The number of aromatic hydroxyl groups is 1. The Hall–Kier alpha value is -3.55. The van der Waals surface area contributed by atoms with Crippen LogP contribution in [0.2, 0.25) is 0 Å². The van der Waals surface area contributed by atoms with E-state index in [9.17, 15) is 20.4 Å². The molecule has 3 saturated carbocycles. The first-order valence-corrected chi connectivity index (χ1v) is 24.1. The van der Waals surface area contributed by atoms with Crippen LogP contribution >= 0.6 is 0 Å². The molecule has 62 heavy (non-hydrogen) atoms. The summed E-state index contributed by atoms with van der Waals surface area (Å²) in [7, 11) is 1.71. The minimum Gasteiger partial charge on any atom is -0.504 e. The van der Waals surface area contributed by atoms with Crippen molar-refractivity contribution in [1.29, 1.82) is 0 Å². The Bertz CT molecular complexity index is 1890. The number of aryl methyl sites for hydroxylation is 4. The fourth-order valence-electron chi connectivity index (χ4n) is 12.0. The van der Waals surface area contributed by atoms with Gasteiger partial charge in [0.2, 0.25) is 0 Å². The van der Waals surface area contributed by atoms with Crippen LogP contribution in [-0.2, 0) is 32.3 Å². The van der Waals surface area contributed by atoms with Gasteiger partial charge in [0.15, 0.2) is 17.5 Å². The molecule has 1 aromatic carbocycles. The zero-order chi connectivity index (χ0) is 43.8. The van der Waals surface area contributed by atoms with Gasteiger partial charge in [-0.15, -0.1) is 0 Å². The number of nitrogens with zero attached hydrogens (tertiary/aromatic N) is 1. The van der Waals surface area contributed by atoms with Crippen LogP contribution < -0.4 is 26.8 Å². The quantitative estimate of drug-likeness (QED) is 0.0430. The van der Waals surface area contributed by atoms with E-state index in [1.807, 2.05) is 25.1 Å². The molecule has 0 aliphatic heterocycles. The first-order valence-electron chi connectivity index (χ1n) is 24.1. The van der Waals surface area contributed by atoms with Gasteiger partial charge in [0.1, 0.15) is 24.2 Å². The Morgan fingerprint density at radius 2 is 1.81 bits per heavy atom. The molecule has 4 aliphatic carbocycles. The van der Waals surface area contributed by atoms with E-state index < -0.39 is 12.2 Å².